The Morgan fingerprint density at radius 1 is 1.53 bits per heavy atom. The molecular formula is C12H11ClN2O2. The summed E-state index contributed by atoms with van der Waals surface area (Å²) in [5.74, 6) is -0.933. The van der Waals surface area contributed by atoms with Gasteiger partial charge in [0.25, 0.3) is 0 Å². The molecule has 0 aliphatic heterocycles. The van der Waals surface area contributed by atoms with Crippen molar-refractivity contribution in [3.63, 3.8) is 0 Å². The molecule has 0 saturated heterocycles. The predicted molar refractivity (Wildman–Crippen MR) is 64.5 cm³/mol. The number of hydrogen-bond donors (Lipinski definition) is 1. The molecule has 2 rings (SSSR count). The molecule has 2 aromatic heterocycles. The van der Waals surface area contributed by atoms with E-state index < -0.39 is 5.97 Å². The molecule has 2 aromatic rings. The lowest BCUT2D eigenvalue weighted by molar-refractivity contribution is 0.0685. The number of hydrogen-bond acceptors (Lipinski definition) is 2. The molecule has 88 valence electrons. The Balaban J connectivity index is 2.37. The van der Waals surface area contributed by atoms with Gasteiger partial charge in [-0.05, 0) is 30.2 Å². The minimum atomic E-state index is -0.933. The van der Waals surface area contributed by atoms with Crippen LogP contribution in [0.3, 0.4) is 0 Å². The van der Waals surface area contributed by atoms with E-state index in [-0.39, 0.29) is 5.69 Å². The number of carbonyl (C=O) groups is 1. The Labute approximate surface area is 103 Å². The van der Waals surface area contributed by atoms with Crippen LogP contribution in [0.1, 0.15) is 21.6 Å². The van der Waals surface area contributed by atoms with Gasteiger partial charge in [0.1, 0.15) is 5.69 Å². The summed E-state index contributed by atoms with van der Waals surface area (Å²) in [6.45, 7) is 2.20. The third-order valence-electron chi connectivity index (χ3n) is 2.56. The molecule has 2 heterocycles. The van der Waals surface area contributed by atoms with Crippen LogP contribution in [0.4, 0.5) is 0 Å². The van der Waals surface area contributed by atoms with Gasteiger partial charge < -0.3 is 9.67 Å². The number of aryl methyl sites for hydroxylation is 1. The van der Waals surface area contributed by atoms with Gasteiger partial charge in [0.2, 0.25) is 0 Å². The lowest BCUT2D eigenvalue weighted by Crippen LogP contribution is -2.10. The number of rotatable bonds is 3. The van der Waals surface area contributed by atoms with Gasteiger partial charge in [0.15, 0.2) is 0 Å². The van der Waals surface area contributed by atoms with Gasteiger partial charge in [0.05, 0.1) is 5.02 Å². The Kier molecular flexibility index (Phi) is 3.15. The van der Waals surface area contributed by atoms with Crippen molar-refractivity contribution in [1.82, 2.24) is 9.55 Å². The SMILES string of the molecule is Cc1ccn(Cc2ccncc2Cl)c1C(=O)O. The molecule has 5 heteroatoms. The van der Waals surface area contributed by atoms with Crippen molar-refractivity contribution < 1.29 is 9.90 Å². The highest BCUT2D eigenvalue weighted by Crippen LogP contribution is 2.18. The topological polar surface area (TPSA) is 55.1 Å². The summed E-state index contributed by atoms with van der Waals surface area (Å²) in [6.07, 6.45) is 4.93. The van der Waals surface area contributed by atoms with Crippen LogP contribution in [-0.2, 0) is 6.54 Å². The second kappa shape index (κ2) is 4.59. The molecular weight excluding hydrogens is 240 g/mol. The van der Waals surface area contributed by atoms with Crippen molar-refractivity contribution in [1.29, 1.82) is 0 Å². The lowest BCUT2D eigenvalue weighted by Gasteiger charge is -2.08. The molecule has 0 amide bonds. The molecule has 0 fully saturated rings. The van der Waals surface area contributed by atoms with Crippen molar-refractivity contribution in [3.05, 3.63) is 52.6 Å². The second-order valence-corrected chi connectivity index (χ2v) is 4.15. The molecule has 4 nitrogen and oxygen atoms in total. The monoisotopic (exact) mass is 250 g/mol. The van der Waals surface area contributed by atoms with Gasteiger partial charge in [-0.3, -0.25) is 4.98 Å². The fourth-order valence-electron chi connectivity index (χ4n) is 1.72. The highest BCUT2D eigenvalue weighted by Gasteiger charge is 2.13. The number of aromatic nitrogens is 2. The van der Waals surface area contributed by atoms with E-state index >= 15 is 0 Å². The van der Waals surface area contributed by atoms with E-state index in [1.54, 1.807) is 42.2 Å². The van der Waals surface area contributed by atoms with Crippen LogP contribution in [0, 0.1) is 6.92 Å². The zero-order valence-electron chi connectivity index (χ0n) is 9.22. The van der Waals surface area contributed by atoms with Crippen LogP contribution in [0.25, 0.3) is 0 Å². The van der Waals surface area contributed by atoms with Crippen molar-refractivity contribution in [2.24, 2.45) is 0 Å². The van der Waals surface area contributed by atoms with E-state index in [1.165, 1.54) is 0 Å². The quantitative estimate of drug-likeness (QED) is 0.911. The minimum Gasteiger partial charge on any atom is -0.477 e. The summed E-state index contributed by atoms with van der Waals surface area (Å²) in [5.41, 5.74) is 1.88. The maximum Gasteiger partial charge on any atom is 0.352 e. The fourth-order valence-corrected chi connectivity index (χ4v) is 1.90. The number of carboxylic acid groups (broad SMARTS) is 1. The molecule has 0 spiro atoms. The highest BCUT2D eigenvalue weighted by atomic mass is 35.5. The van der Waals surface area contributed by atoms with Gasteiger partial charge in [-0.1, -0.05) is 11.6 Å². The molecule has 0 unspecified atom stereocenters. The van der Waals surface area contributed by atoms with Gasteiger partial charge in [-0.15, -0.1) is 0 Å². The third kappa shape index (κ3) is 2.31. The molecule has 0 aliphatic carbocycles. The summed E-state index contributed by atoms with van der Waals surface area (Å²) in [7, 11) is 0. The fraction of sp³-hybridized carbons (Fsp3) is 0.167. The maximum atomic E-state index is 11.1. The Morgan fingerprint density at radius 2 is 2.29 bits per heavy atom. The molecule has 0 bridgehead atoms. The summed E-state index contributed by atoms with van der Waals surface area (Å²) >= 11 is 5.99. The number of pyridine rings is 1. The van der Waals surface area contributed by atoms with E-state index in [0.29, 0.717) is 11.6 Å². The Bertz CT molecular complexity index is 563. The van der Waals surface area contributed by atoms with Crippen LogP contribution in [0.2, 0.25) is 5.02 Å². The first-order chi connectivity index (χ1) is 8.09. The first-order valence-electron chi connectivity index (χ1n) is 5.07. The number of aromatic carboxylic acids is 1. The standard InChI is InChI=1S/C12H11ClN2O2/c1-8-3-5-15(11(8)12(16)17)7-9-2-4-14-6-10(9)13/h2-6H,7H2,1H3,(H,16,17). The average Bonchev–Trinajstić information content (AvgIpc) is 2.63. The molecule has 0 atom stereocenters. The van der Waals surface area contributed by atoms with Crippen LogP contribution in [0.15, 0.2) is 30.7 Å². The lowest BCUT2D eigenvalue weighted by atomic mass is 10.2. The van der Waals surface area contributed by atoms with Gasteiger partial charge in [-0.25, -0.2) is 4.79 Å². The first kappa shape index (κ1) is 11.7. The second-order valence-electron chi connectivity index (χ2n) is 3.75. The van der Waals surface area contributed by atoms with Crippen LogP contribution in [-0.4, -0.2) is 20.6 Å². The van der Waals surface area contributed by atoms with Crippen LogP contribution in [0.5, 0.6) is 0 Å². The molecule has 1 N–H and O–H groups in total. The molecule has 0 aliphatic rings. The van der Waals surface area contributed by atoms with E-state index in [9.17, 15) is 4.79 Å². The van der Waals surface area contributed by atoms with Crippen LogP contribution < -0.4 is 0 Å². The van der Waals surface area contributed by atoms with Crippen LogP contribution >= 0.6 is 11.6 Å². The van der Waals surface area contributed by atoms with Crippen molar-refractivity contribution in [3.8, 4) is 0 Å². The summed E-state index contributed by atoms with van der Waals surface area (Å²) in [4.78, 5) is 15.0. The van der Waals surface area contributed by atoms with Gasteiger partial charge in [0, 0.05) is 25.1 Å². The smallest absolute Gasteiger partial charge is 0.352 e. The zero-order chi connectivity index (χ0) is 12.4. The number of nitrogens with zero attached hydrogens (tertiary/aromatic N) is 2. The molecule has 17 heavy (non-hydrogen) atoms. The Hall–Kier alpha value is -1.81. The first-order valence-corrected chi connectivity index (χ1v) is 5.45. The largest absolute Gasteiger partial charge is 0.477 e. The van der Waals surface area contributed by atoms with Gasteiger partial charge in [-0.2, -0.15) is 0 Å². The third-order valence-corrected chi connectivity index (χ3v) is 2.91. The molecule has 0 aromatic carbocycles. The normalized spacial score (nSPS) is 10.5. The molecule has 0 radical (unpaired) electrons. The zero-order valence-corrected chi connectivity index (χ0v) is 9.98. The van der Waals surface area contributed by atoms with E-state index in [4.69, 9.17) is 16.7 Å². The number of carboxylic acids is 1. The Morgan fingerprint density at radius 3 is 2.94 bits per heavy atom. The average molecular weight is 251 g/mol. The predicted octanol–water partition coefficient (Wildman–Crippen LogP) is 2.59. The van der Waals surface area contributed by atoms with E-state index in [1.807, 2.05) is 0 Å². The van der Waals surface area contributed by atoms with Crippen molar-refractivity contribution >= 4 is 17.6 Å². The van der Waals surface area contributed by atoms with E-state index in [0.717, 1.165) is 11.1 Å². The highest BCUT2D eigenvalue weighted by molar-refractivity contribution is 6.31. The minimum absolute atomic E-state index is 0.290. The van der Waals surface area contributed by atoms with Crippen molar-refractivity contribution in [2.45, 2.75) is 13.5 Å². The maximum absolute atomic E-state index is 11.1. The van der Waals surface area contributed by atoms with E-state index in [2.05, 4.69) is 4.98 Å². The summed E-state index contributed by atoms with van der Waals surface area (Å²) in [6, 6.07) is 3.56. The summed E-state index contributed by atoms with van der Waals surface area (Å²) < 4.78 is 1.67. The van der Waals surface area contributed by atoms with Gasteiger partial charge >= 0.3 is 5.97 Å². The molecule has 0 saturated carbocycles. The van der Waals surface area contributed by atoms with Crippen molar-refractivity contribution in [2.75, 3.05) is 0 Å². The summed E-state index contributed by atoms with van der Waals surface area (Å²) in [5, 5.41) is 9.65. The number of halogens is 1.